The third-order valence-corrected chi connectivity index (χ3v) is 8.67. The van der Waals surface area contributed by atoms with Crippen LogP contribution < -0.4 is 4.74 Å². The predicted molar refractivity (Wildman–Crippen MR) is 101 cm³/mol. The standard InChI is InChI=1S/C16H14ClFN2O3S3/c17-13-4-5-14(25-13)26(21,22)20-8-6-10(7-9-20)23-16-19-15-11(18)2-1-3-12(15)24-16/h1-5,10H,6-9H2. The molecule has 0 spiro atoms. The fraction of sp³-hybridized carbons (Fsp3) is 0.312. The first kappa shape index (κ1) is 18.1. The maximum atomic E-state index is 13.7. The van der Waals surface area contributed by atoms with Crippen molar-refractivity contribution in [2.75, 3.05) is 13.1 Å². The minimum absolute atomic E-state index is 0.142. The smallest absolute Gasteiger partial charge is 0.274 e. The normalized spacial score (nSPS) is 17.0. The number of thiazole rings is 1. The third-order valence-electron chi connectivity index (χ3n) is 4.16. The molecule has 0 saturated carbocycles. The largest absolute Gasteiger partial charge is 0.467 e. The molecule has 10 heteroatoms. The van der Waals surface area contributed by atoms with Gasteiger partial charge >= 0.3 is 0 Å². The van der Waals surface area contributed by atoms with Gasteiger partial charge in [-0.15, -0.1) is 11.3 Å². The van der Waals surface area contributed by atoms with E-state index in [-0.39, 0.29) is 16.1 Å². The van der Waals surface area contributed by atoms with Gasteiger partial charge in [-0.3, -0.25) is 0 Å². The second-order valence-corrected chi connectivity index (χ2v) is 10.7. The highest BCUT2D eigenvalue weighted by Gasteiger charge is 2.31. The number of thiophene rings is 1. The van der Waals surface area contributed by atoms with Crippen molar-refractivity contribution >= 4 is 54.5 Å². The predicted octanol–water partition coefficient (Wildman–Crippen LogP) is 4.38. The number of nitrogens with zero attached hydrogens (tertiary/aromatic N) is 2. The van der Waals surface area contributed by atoms with E-state index in [0.29, 0.717) is 41.0 Å². The summed E-state index contributed by atoms with van der Waals surface area (Å²) in [5, 5.41) is 0.413. The Morgan fingerprint density at radius 1 is 1.19 bits per heavy atom. The molecule has 26 heavy (non-hydrogen) atoms. The Morgan fingerprint density at radius 2 is 1.96 bits per heavy atom. The molecule has 0 unspecified atom stereocenters. The molecule has 1 aliphatic heterocycles. The Kier molecular flexibility index (Phi) is 4.91. The lowest BCUT2D eigenvalue weighted by Gasteiger charge is -2.30. The summed E-state index contributed by atoms with van der Waals surface area (Å²) in [5.74, 6) is -0.371. The Balaban J connectivity index is 1.42. The monoisotopic (exact) mass is 432 g/mol. The van der Waals surface area contributed by atoms with Crippen LogP contribution in [0.5, 0.6) is 5.19 Å². The van der Waals surface area contributed by atoms with Gasteiger partial charge in [-0.2, -0.15) is 9.29 Å². The molecule has 0 atom stereocenters. The fourth-order valence-corrected chi connectivity index (χ4v) is 6.84. The van der Waals surface area contributed by atoms with E-state index in [1.165, 1.54) is 27.8 Å². The van der Waals surface area contributed by atoms with Gasteiger partial charge in [-0.05, 0) is 37.1 Å². The number of aromatic nitrogens is 1. The molecular formula is C16H14ClFN2O3S3. The Labute approximate surface area is 163 Å². The van der Waals surface area contributed by atoms with Crippen LogP contribution in [0.1, 0.15) is 12.8 Å². The van der Waals surface area contributed by atoms with Gasteiger partial charge < -0.3 is 4.74 Å². The summed E-state index contributed by atoms with van der Waals surface area (Å²) in [6.45, 7) is 0.726. The number of sulfonamides is 1. The van der Waals surface area contributed by atoms with E-state index in [0.717, 1.165) is 16.0 Å². The zero-order valence-electron chi connectivity index (χ0n) is 13.4. The van der Waals surface area contributed by atoms with Crippen LogP contribution in [0.4, 0.5) is 4.39 Å². The van der Waals surface area contributed by atoms with Gasteiger partial charge in [0.2, 0.25) is 0 Å². The molecule has 1 aliphatic rings. The molecule has 0 radical (unpaired) electrons. The lowest BCUT2D eigenvalue weighted by Crippen LogP contribution is -2.41. The van der Waals surface area contributed by atoms with Crippen LogP contribution in [0.2, 0.25) is 4.34 Å². The summed E-state index contributed by atoms with van der Waals surface area (Å²) in [6, 6.07) is 7.91. The second-order valence-electron chi connectivity index (χ2n) is 5.85. The van der Waals surface area contributed by atoms with Crippen LogP contribution in [0.25, 0.3) is 10.2 Å². The maximum Gasteiger partial charge on any atom is 0.274 e. The SMILES string of the molecule is O=S(=O)(c1ccc(Cl)s1)N1CCC(Oc2nc3c(F)cccc3s2)CC1. The van der Waals surface area contributed by atoms with E-state index >= 15 is 0 Å². The lowest BCUT2D eigenvalue weighted by atomic mass is 10.1. The van der Waals surface area contributed by atoms with E-state index in [1.54, 1.807) is 18.2 Å². The van der Waals surface area contributed by atoms with Crippen LogP contribution in [0.3, 0.4) is 0 Å². The van der Waals surface area contributed by atoms with Crippen molar-refractivity contribution < 1.29 is 17.5 Å². The van der Waals surface area contributed by atoms with Gasteiger partial charge in [-0.25, -0.2) is 12.8 Å². The minimum Gasteiger partial charge on any atom is -0.467 e. The van der Waals surface area contributed by atoms with Crippen molar-refractivity contribution in [1.82, 2.24) is 9.29 Å². The molecule has 3 heterocycles. The number of hydrogen-bond donors (Lipinski definition) is 0. The number of piperidine rings is 1. The van der Waals surface area contributed by atoms with E-state index in [2.05, 4.69) is 4.98 Å². The molecule has 0 aliphatic carbocycles. The fourth-order valence-electron chi connectivity index (χ4n) is 2.84. The number of rotatable bonds is 4. The average Bonchev–Trinajstić information content (AvgIpc) is 3.22. The topological polar surface area (TPSA) is 59.5 Å². The number of hydrogen-bond acceptors (Lipinski definition) is 6. The van der Waals surface area contributed by atoms with Gasteiger partial charge in [0.25, 0.3) is 15.2 Å². The Morgan fingerprint density at radius 3 is 2.62 bits per heavy atom. The van der Waals surface area contributed by atoms with Crippen LogP contribution in [-0.2, 0) is 10.0 Å². The van der Waals surface area contributed by atoms with Crippen LogP contribution in [0.15, 0.2) is 34.5 Å². The number of halogens is 2. The maximum absolute atomic E-state index is 13.7. The summed E-state index contributed by atoms with van der Waals surface area (Å²) in [6.07, 6.45) is 0.963. The molecule has 1 saturated heterocycles. The van der Waals surface area contributed by atoms with E-state index in [1.807, 2.05) is 0 Å². The molecule has 2 aromatic heterocycles. The highest BCUT2D eigenvalue weighted by atomic mass is 35.5. The van der Waals surface area contributed by atoms with E-state index in [9.17, 15) is 12.8 Å². The van der Waals surface area contributed by atoms with Crippen molar-refractivity contribution in [3.63, 3.8) is 0 Å². The Bertz CT molecular complexity index is 1040. The summed E-state index contributed by atoms with van der Waals surface area (Å²) in [7, 11) is -3.51. The summed E-state index contributed by atoms with van der Waals surface area (Å²) in [4.78, 5) is 4.20. The molecule has 0 amide bonds. The van der Waals surface area contributed by atoms with E-state index in [4.69, 9.17) is 16.3 Å². The zero-order valence-corrected chi connectivity index (χ0v) is 16.6. The molecule has 1 aromatic carbocycles. The van der Waals surface area contributed by atoms with Gasteiger partial charge in [-0.1, -0.05) is 29.0 Å². The van der Waals surface area contributed by atoms with Crippen LogP contribution in [0, 0.1) is 5.82 Å². The second kappa shape index (κ2) is 7.05. The first-order valence-corrected chi connectivity index (χ1v) is 11.4. The summed E-state index contributed by atoms with van der Waals surface area (Å²) >= 11 is 8.20. The zero-order chi connectivity index (χ0) is 18.3. The van der Waals surface area contributed by atoms with Crippen molar-refractivity contribution in [3.05, 3.63) is 40.5 Å². The molecule has 5 nitrogen and oxygen atoms in total. The molecule has 4 rings (SSSR count). The molecule has 3 aromatic rings. The van der Waals surface area contributed by atoms with Crippen molar-refractivity contribution in [2.24, 2.45) is 0 Å². The van der Waals surface area contributed by atoms with Crippen molar-refractivity contribution in [3.8, 4) is 5.19 Å². The molecule has 138 valence electrons. The van der Waals surface area contributed by atoms with Gasteiger partial charge in [0.05, 0.1) is 9.04 Å². The molecule has 1 fully saturated rings. The van der Waals surface area contributed by atoms with Crippen molar-refractivity contribution in [1.29, 1.82) is 0 Å². The number of benzene rings is 1. The van der Waals surface area contributed by atoms with E-state index < -0.39 is 10.0 Å². The van der Waals surface area contributed by atoms with Gasteiger partial charge in [0.1, 0.15) is 21.6 Å². The highest BCUT2D eigenvalue weighted by molar-refractivity contribution is 7.91. The number of ether oxygens (including phenoxy) is 1. The first-order chi connectivity index (χ1) is 12.4. The van der Waals surface area contributed by atoms with Gasteiger partial charge in [0, 0.05) is 13.1 Å². The third kappa shape index (κ3) is 3.46. The minimum atomic E-state index is -3.51. The van der Waals surface area contributed by atoms with Crippen molar-refractivity contribution in [2.45, 2.75) is 23.2 Å². The van der Waals surface area contributed by atoms with Crippen LogP contribution in [-0.4, -0.2) is 36.9 Å². The molecule has 0 bridgehead atoms. The van der Waals surface area contributed by atoms with Crippen LogP contribution >= 0.6 is 34.3 Å². The quantitative estimate of drug-likeness (QED) is 0.613. The number of para-hydroxylation sites is 1. The average molecular weight is 433 g/mol. The molecule has 0 N–H and O–H groups in total. The highest BCUT2D eigenvalue weighted by Crippen LogP contribution is 2.33. The molecular weight excluding hydrogens is 419 g/mol. The van der Waals surface area contributed by atoms with Gasteiger partial charge in [0.15, 0.2) is 0 Å². The first-order valence-electron chi connectivity index (χ1n) is 7.91. The summed E-state index contributed by atoms with van der Waals surface area (Å²) in [5.41, 5.74) is 0.307. The Hall–Kier alpha value is -1.26. The lowest BCUT2D eigenvalue weighted by molar-refractivity contribution is 0.135. The summed E-state index contributed by atoms with van der Waals surface area (Å²) < 4.78 is 47.7. The number of fused-ring (bicyclic) bond motifs is 1.